The molecule has 0 aliphatic rings. The summed E-state index contributed by atoms with van der Waals surface area (Å²) in [5, 5.41) is 13.3. The third kappa shape index (κ3) is 4.30. The van der Waals surface area contributed by atoms with Crippen molar-refractivity contribution in [2.24, 2.45) is 0 Å². The average molecular weight is 288 g/mol. The highest BCUT2D eigenvalue weighted by Crippen LogP contribution is 2.12. The van der Waals surface area contributed by atoms with Crippen molar-refractivity contribution in [1.29, 1.82) is 0 Å². The van der Waals surface area contributed by atoms with Gasteiger partial charge in [-0.15, -0.1) is 0 Å². The third-order valence-electron chi connectivity index (χ3n) is 2.86. The highest BCUT2D eigenvalue weighted by atomic mass is 16.2. The Bertz CT molecular complexity index is 655. The zero-order valence-corrected chi connectivity index (χ0v) is 12.5. The molecule has 2 amide bonds. The summed E-state index contributed by atoms with van der Waals surface area (Å²) in [6.45, 7) is 6.07. The Hall–Kier alpha value is -2.37. The molecule has 3 N–H and O–H groups in total. The number of aromatic amines is 1. The second-order valence-electron chi connectivity index (χ2n) is 5.98. The first-order valence-corrected chi connectivity index (χ1v) is 6.87. The largest absolute Gasteiger partial charge is 0.352 e. The lowest BCUT2D eigenvalue weighted by atomic mass is 10.1. The summed E-state index contributed by atoms with van der Waals surface area (Å²) < 4.78 is 0. The minimum absolute atomic E-state index is 0.0770. The molecule has 0 aliphatic heterocycles. The van der Waals surface area contributed by atoms with Gasteiger partial charge in [0.05, 0.1) is 11.7 Å². The molecule has 0 saturated heterocycles. The SMILES string of the molecule is CC(C)(C)NC(=O)CCNC(=O)c1ccc2cn[nH]c2c1. The van der Waals surface area contributed by atoms with Gasteiger partial charge in [-0.05, 0) is 32.9 Å². The van der Waals surface area contributed by atoms with E-state index in [1.165, 1.54) is 0 Å². The third-order valence-corrected chi connectivity index (χ3v) is 2.86. The topological polar surface area (TPSA) is 86.9 Å². The Kier molecular flexibility index (Phi) is 4.26. The minimum atomic E-state index is -0.257. The molecule has 2 aromatic rings. The first kappa shape index (κ1) is 15.0. The Morgan fingerprint density at radius 3 is 2.76 bits per heavy atom. The Labute approximate surface area is 123 Å². The maximum atomic E-state index is 12.0. The van der Waals surface area contributed by atoms with Crippen molar-refractivity contribution >= 4 is 22.7 Å². The molecule has 2 rings (SSSR count). The molecule has 0 fully saturated rings. The summed E-state index contributed by atoms with van der Waals surface area (Å²) >= 11 is 0. The van der Waals surface area contributed by atoms with Crippen molar-refractivity contribution in [3.63, 3.8) is 0 Å². The maximum Gasteiger partial charge on any atom is 0.251 e. The van der Waals surface area contributed by atoms with Crippen LogP contribution in [0.15, 0.2) is 24.4 Å². The molecule has 0 aliphatic carbocycles. The molecule has 0 radical (unpaired) electrons. The highest BCUT2D eigenvalue weighted by Gasteiger charge is 2.14. The van der Waals surface area contributed by atoms with Crippen molar-refractivity contribution in [1.82, 2.24) is 20.8 Å². The van der Waals surface area contributed by atoms with E-state index in [4.69, 9.17) is 0 Å². The number of rotatable bonds is 4. The van der Waals surface area contributed by atoms with Crippen LogP contribution in [0, 0.1) is 0 Å². The molecule has 1 heterocycles. The van der Waals surface area contributed by atoms with Crippen LogP contribution in [0.2, 0.25) is 0 Å². The van der Waals surface area contributed by atoms with Crippen LogP contribution in [-0.2, 0) is 4.79 Å². The van der Waals surface area contributed by atoms with E-state index in [1.807, 2.05) is 26.8 Å². The van der Waals surface area contributed by atoms with Gasteiger partial charge < -0.3 is 10.6 Å². The van der Waals surface area contributed by atoms with Crippen LogP contribution < -0.4 is 10.6 Å². The van der Waals surface area contributed by atoms with E-state index in [-0.39, 0.29) is 23.8 Å². The van der Waals surface area contributed by atoms with Gasteiger partial charge in [0, 0.05) is 29.5 Å². The van der Waals surface area contributed by atoms with Crippen molar-refractivity contribution in [2.45, 2.75) is 32.7 Å². The van der Waals surface area contributed by atoms with Crippen molar-refractivity contribution in [2.75, 3.05) is 6.54 Å². The predicted molar refractivity (Wildman–Crippen MR) is 80.9 cm³/mol. The van der Waals surface area contributed by atoms with E-state index in [0.29, 0.717) is 12.1 Å². The van der Waals surface area contributed by atoms with Crippen LogP contribution in [0.3, 0.4) is 0 Å². The smallest absolute Gasteiger partial charge is 0.251 e. The Morgan fingerprint density at radius 2 is 2.05 bits per heavy atom. The quantitative estimate of drug-likeness (QED) is 0.798. The Balaban J connectivity index is 1.85. The maximum absolute atomic E-state index is 12.0. The number of nitrogens with one attached hydrogen (secondary N) is 3. The lowest BCUT2D eigenvalue weighted by Gasteiger charge is -2.20. The van der Waals surface area contributed by atoms with Gasteiger partial charge >= 0.3 is 0 Å². The number of hydrogen-bond acceptors (Lipinski definition) is 3. The van der Waals surface area contributed by atoms with Crippen LogP contribution in [0.5, 0.6) is 0 Å². The van der Waals surface area contributed by atoms with Gasteiger partial charge in [0.1, 0.15) is 0 Å². The van der Waals surface area contributed by atoms with E-state index < -0.39 is 0 Å². The van der Waals surface area contributed by atoms with Gasteiger partial charge in [-0.1, -0.05) is 6.07 Å². The first-order chi connectivity index (χ1) is 9.85. The molecule has 0 bridgehead atoms. The van der Waals surface area contributed by atoms with Crippen molar-refractivity contribution < 1.29 is 9.59 Å². The van der Waals surface area contributed by atoms with E-state index in [2.05, 4.69) is 20.8 Å². The molecule has 6 heteroatoms. The average Bonchev–Trinajstić information content (AvgIpc) is 2.83. The predicted octanol–water partition coefficient (Wildman–Crippen LogP) is 1.60. The number of benzene rings is 1. The lowest BCUT2D eigenvalue weighted by molar-refractivity contribution is -0.122. The normalized spacial score (nSPS) is 11.4. The van der Waals surface area contributed by atoms with E-state index in [0.717, 1.165) is 10.9 Å². The molecule has 0 atom stereocenters. The minimum Gasteiger partial charge on any atom is -0.352 e. The van der Waals surface area contributed by atoms with Crippen molar-refractivity contribution in [3.05, 3.63) is 30.0 Å². The lowest BCUT2D eigenvalue weighted by Crippen LogP contribution is -2.41. The fourth-order valence-electron chi connectivity index (χ4n) is 1.95. The fraction of sp³-hybridized carbons (Fsp3) is 0.400. The number of amides is 2. The summed E-state index contributed by atoms with van der Waals surface area (Å²) in [6, 6.07) is 5.31. The standard InChI is InChI=1S/C15H20N4O2/c1-15(2,3)18-13(20)6-7-16-14(21)10-4-5-11-9-17-19-12(11)8-10/h4-5,8-9H,6-7H2,1-3H3,(H,16,21)(H,17,19)(H,18,20). The number of aromatic nitrogens is 2. The summed E-state index contributed by atoms with van der Waals surface area (Å²) in [6.07, 6.45) is 1.96. The molecule has 0 saturated carbocycles. The van der Waals surface area contributed by atoms with Crippen LogP contribution in [-0.4, -0.2) is 34.1 Å². The molecular formula is C15H20N4O2. The summed E-state index contributed by atoms with van der Waals surface area (Å²) in [5.41, 5.74) is 1.10. The van der Waals surface area contributed by atoms with E-state index >= 15 is 0 Å². The van der Waals surface area contributed by atoms with Crippen LogP contribution in [0.4, 0.5) is 0 Å². The summed E-state index contributed by atoms with van der Waals surface area (Å²) in [4.78, 5) is 23.6. The molecule has 0 spiro atoms. The van der Waals surface area contributed by atoms with Gasteiger partial charge in [-0.25, -0.2) is 0 Å². The number of H-pyrrole nitrogens is 1. The number of fused-ring (bicyclic) bond motifs is 1. The molecule has 112 valence electrons. The number of carbonyl (C=O) groups is 2. The Morgan fingerprint density at radius 1 is 1.29 bits per heavy atom. The van der Waals surface area contributed by atoms with Gasteiger partial charge in [0.2, 0.25) is 5.91 Å². The molecule has 1 aromatic carbocycles. The van der Waals surface area contributed by atoms with Gasteiger partial charge in [-0.2, -0.15) is 5.10 Å². The summed E-state index contributed by atoms with van der Waals surface area (Å²) in [5.74, 6) is -0.276. The second kappa shape index (κ2) is 5.95. The first-order valence-electron chi connectivity index (χ1n) is 6.87. The zero-order valence-electron chi connectivity index (χ0n) is 12.5. The van der Waals surface area contributed by atoms with Crippen LogP contribution >= 0.6 is 0 Å². The molecular weight excluding hydrogens is 268 g/mol. The van der Waals surface area contributed by atoms with Crippen LogP contribution in [0.25, 0.3) is 10.9 Å². The fourth-order valence-corrected chi connectivity index (χ4v) is 1.95. The number of hydrogen-bond donors (Lipinski definition) is 3. The summed E-state index contributed by atoms with van der Waals surface area (Å²) in [7, 11) is 0. The van der Waals surface area contributed by atoms with Gasteiger partial charge in [0.25, 0.3) is 5.91 Å². The highest BCUT2D eigenvalue weighted by molar-refractivity contribution is 5.97. The molecule has 0 unspecified atom stereocenters. The number of nitrogens with zero attached hydrogens (tertiary/aromatic N) is 1. The second-order valence-corrected chi connectivity index (χ2v) is 5.98. The van der Waals surface area contributed by atoms with Crippen LogP contribution in [0.1, 0.15) is 37.6 Å². The van der Waals surface area contributed by atoms with E-state index in [9.17, 15) is 9.59 Å². The zero-order chi connectivity index (χ0) is 15.5. The monoisotopic (exact) mass is 288 g/mol. The molecule has 1 aromatic heterocycles. The molecule has 21 heavy (non-hydrogen) atoms. The van der Waals surface area contributed by atoms with Gasteiger partial charge in [-0.3, -0.25) is 14.7 Å². The van der Waals surface area contributed by atoms with Crippen molar-refractivity contribution in [3.8, 4) is 0 Å². The number of carbonyl (C=O) groups excluding carboxylic acids is 2. The van der Waals surface area contributed by atoms with E-state index in [1.54, 1.807) is 18.3 Å². The molecule has 6 nitrogen and oxygen atoms in total. The van der Waals surface area contributed by atoms with Gasteiger partial charge in [0.15, 0.2) is 0 Å².